The summed E-state index contributed by atoms with van der Waals surface area (Å²) in [6.07, 6.45) is 0. The van der Waals surface area contributed by atoms with Gasteiger partial charge in [0.05, 0.1) is 4.92 Å². The van der Waals surface area contributed by atoms with E-state index in [0.717, 1.165) is 17.8 Å². The van der Waals surface area contributed by atoms with Crippen LogP contribution in [-0.2, 0) is 0 Å². The van der Waals surface area contributed by atoms with Crippen molar-refractivity contribution in [3.63, 3.8) is 0 Å². The van der Waals surface area contributed by atoms with Crippen LogP contribution in [0.1, 0.15) is 20.7 Å². The average molecular weight is 377 g/mol. The summed E-state index contributed by atoms with van der Waals surface area (Å²) in [5, 5.41) is 49.6. The zero-order valence-corrected chi connectivity index (χ0v) is 13.6. The number of hydrogen-bond donors (Lipinski definition) is 4. The minimum Gasteiger partial charge on any atom is -0.355 e. The minimum atomic E-state index is -3.71. The van der Waals surface area contributed by atoms with E-state index < -0.39 is 28.1 Å². The molecule has 134 valence electrons. The summed E-state index contributed by atoms with van der Waals surface area (Å²) >= 11 is 0.948. The Morgan fingerprint density at radius 2 is 1.46 bits per heavy atom. The second-order valence-corrected chi connectivity index (χ2v) is 6.65. The molecule has 0 unspecified atom stereocenters. The van der Waals surface area contributed by atoms with Gasteiger partial charge in [-0.25, -0.2) is 0 Å². The van der Waals surface area contributed by atoms with Crippen LogP contribution in [0, 0.1) is 10.1 Å². The summed E-state index contributed by atoms with van der Waals surface area (Å²) < 4.78 is 0. The van der Waals surface area contributed by atoms with Gasteiger partial charge in [-0.3, -0.25) is 19.7 Å². The van der Waals surface area contributed by atoms with Gasteiger partial charge in [0.25, 0.3) is 17.3 Å². The first-order chi connectivity index (χ1) is 12.1. The molecule has 0 saturated carbocycles. The third-order valence-corrected chi connectivity index (χ3v) is 4.96. The van der Waals surface area contributed by atoms with Crippen molar-refractivity contribution in [1.29, 1.82) is 0 Å². The van der Waals surface area contributed by atoms with Crippen LogP contribution in [0.2, 0.25) is 0 Å². The zero-order valence-electron chi connectivity index (χ0n) is 12.8. The van der Waals surface area contributed by atoms with Crippen LogP contribution in [0.3, 0.4) is 0 Å². The van der Waals surface area contributed by atoms with Crippen molar-refractivity contribution in [3.05, 3.63) is 63.7 Å². The van der Waals surface area contributed by atoms with Crippen LogP contribution in [0.15, 0.2) is 52.3 Å². The first-order valence-corrected chi connectivity index (χ1v) is 7.93. The number of hydrogen-bond acceptors (Lipinski definition) is 9. The standard InChI is InChI=1S/C16H11NO8S/c18-13-10-2-1-3-11(12(10)14(19)16(22,23)15(13,20)21)26-9-6-4-8(5-7-9)17(24)25/h1-7,20-23H. The highest BCUT2D eigenvalue weighted by atomic mass is 32.2. The Labute approximate surface area is 149 Å². The third kappa shape index (κ3) is 2.60. The van der Waals surface area contributed by atoms with Gasteiger partial charge in [-0.2, -0.15) is 0 Å². The van der Waals surface area contributed by atoms with Crippen LogP contribution < -0.4 is 0 Å². The van der Waals surface area contributed by atoms with Gasteiger partial charge in [-0.15, -0.1) is 0 Å². The normalized spacial score (nSPS) is 17.7. The predicted octanol–water partition coefficient (Wildman–Crippen LogP) is 0.487. The molecule has 0 aliphatic heterocycles. The van der Waals surface area contributed by atoms with Gasteiger partial charge in [0.1, 0.15) is 0 Å². The van der Waals surface area contributed by atoms with E-state index in [1.807, 2.05) is 0 Å². The van der Waals surface area contributed by atoms with Gasteiger partial charge in [-0.05, 0) is 18.2 Å². The molecule has 0 aromatic heterocycles. The number of carbonyl (C=O) groups is 2. The number of fused-ring (bicyclic) bond motifs is 1. The van der Waals surface area contributed by atoms with Crippen LogP contribution in [0.25, 0.3) is 0 Å². The third-order valence-electron chi connectivity index (χ3n) is 3.89. The lowest BCUT2D eigenvalue weighted by atomic mass is 9.80. The van der Waals surface area contributed by atoms with E-state index >= 15 is 0 Å². The van der Waals surface area contributed by atoms with Gasteiger partial charge in [0.15, 0.2) is 0 Å². The molecule has 0 fully saturated rings. The summed E-state index contributed by atoms with van der Waals surface area (Å²) in [4.78, 5) is 35.3. The topological polar surface area (TPSA) is 158 Å². The maximum absolute atomic E-state index is 12.4. The number of ketones is 2. The molecule has 9 nitrogen and oxygen atoms in total. The molecule has 0 radical (unpaired) electrons. The maximum Gasteiger partial charge on any atom is 0.292 e. The quantitative estimate of drug-likeness (QED) is 0.339. The highest BCUT2D eigenvalue weighted by molar-refractivity contribution is 7.99. The number of non-ortho nitro benzene ring substituents is 1. The number of carbonyl (C=O) groups excluding carboxylic acids is 2. The highest BCUT2D eigenvalue weighted by Gasteiger charge is 2.63. The lowest BCUT2D eigenvalue weighted by molar-refractivity contribution is -0.384. The Balaban J connectivity index is 2.07. The molecule has 0 saturated heterocycles. The molecule has 1 aliphatic carbocycles. The molecule has 0 spiro atoms. The first-order valence-electron chi connectivity index (χ1n) is 7.12. The zero-order chi connectivity index (χ0) is 19.3. The van der Waals surface area contributed by atoms with Crippen molar-refractivity contribution < 1.29 is 34.9 Å². The smallest absolute Gasteiger partial charge is 0.292 e. The number of Topliss-reactive ketones (excluding diaryl/α,β-unsaturated/α-hetero) is 2. The van der Waals surface area contributed by atoms with E-state index in [4.69, 9.17) is 0 Å². The Bertz CT molecular complexity index is 936. The second-order valence-electron chi connectivity index (χ2n) is 5.53. The Morgan fingerprint density at radius 1 is 0.885 bits per heavy atom. The largest absolute Gasteiger partial charge is 0.355 e. The molecule has 0 heterocycles. The van der Waals surface area contributed by atoms with Crippen LogP contribution in [0.4, 0.5) is 5.69 Å². The average Bonchev–Trinajstić information content (AvgIpc) is 2.59. The number of nitro benzene ring substituents is 1. The number of nitrogens with zero attached hydrogens (tertiary/aromatic N) is 1. The lowest BCUT2D eigenvalue weighted by Gasteiger charge is -2.37. The van der Waals surface area contributed by atoms with Gasteiger partial charge in [-0.1, -0.05) is 23.9 Å². The fourth-order valence-corrected chi connectivity index (χ4v) is 3.46. The summed E-state index contributed by atoms with van der Waals surface area (Å²) in [6, 6.07) is 9.31. The van der Waals surface area contributed by atoms with Crippen molar-refractivity contribution >= 4 is 29.0 Å². The molecule has 0 atom stereocenters. The molecule has 2 aromatic carbocycles. The molecule has 10 heteroatoms. The molecule has 0 bridgehead atoms. The number of nitro groups is 1. The summed E-state index contributed by atoms with van der Waals surface area (Å²) in [5.74, 6) is -10.2. The van der Waals surface area contributed by atoms with Crippen molar-refractivity contribution in [1.82, 2.24) is 0 Å². The maximum atomic E-state index is 12.4. The van der Waals surface area contributed by atoms with Crippen molar-refractivity contribution in [2.45, 2.75) is 21.4 Å². The van der Waals surface area contributed by atoms with E-state index in [1.54, 1.807) is 0 Å². The van der Waals surface area contributed by atoms with Crippen LogP contribution in [-0.4, -0.2) is 48.5 Å². The fraction of sp³-hybridized carbons (Fsp3) is 0.125. The number of benzene rings is 2. The summed E-state index contributed by atoms with van der Waals surface area (Å²) in [6.45, 7) is 0. The molecule has 2 aromatic rings. The van der Waals surface area contributed by atoms with Gasteiger partial charge in [0, 0.05) is 33.1 Å². The van der Waals surface area contributed by atoms with Crippen LogP contribution in [0.5, 0.6) is 0 Å². The molecular weight excluding hydrogens is 366 g/mol. The Kier molecular flexibility index (Phi) is 4.17. The van der Waals surface area contributed by atoms with E-state index in [1.165, 1.54) is 36.4 Å². The first kappa shape index (κ1) is 18.2. The monoisotopic (exact) mass is 377 g/mol. The SMILES string of the molecule is O=C1c2cccc(Sc3ccc([N+](=O)[O-])cc3)c2C(=O)C(O)(O)C1(O)O. The summed E-state index contributed by atoms with van der Waals surface area (Å²) in [5.41, 5.74) is -0.874. The lowest BCUT2D eigenvalue weighted by Crippen LogP contribution is -2.66. The van der Waals surface area contributed by atoms with Crippen LogP contribution >= 0.6 is 11.8 Å². The summed E-state index contributed by atoms with van der Waals surface area (Å²) in [7, 11) is 0. The predicted molar refractivity (Wildman–Crippen MR) is 86.7 cm³/mol. The van der Waals surface area contributed by atoms with Gasteiger partial charge < -0.3 is 20.4 Å². The molecule has 26 heavy (non-hydrogen) atoms. The minimum absolute atomic E-state index is 0.134. The van der Waals surface area contributed by atoms with E-state index in [9.17, 15) is 40.1 Å². The van der Waals surface area contributed by atoms with Gasteiger partial charge in [0.2, 0.25) is 11.6 Å². The molecule has 1 aliphatic rings. The Morgan fingerprint density at radius 3 is 2.04 bits per heavy atom. The van der Waals surface area contributed by atoms with Gasteiger partial charge >= 0.3 is 0 Å². The molecule has 0 amide bonds. The molecule has 3 rings (SSSR count). The van der Waals surface area contributed by atoms with Crippen molar-refractivity contribution in [2.24, 2.45) is 0 Å². The van der Waals surface area contributed by atoms with E-state index in [-0.39, 0.29) is 21.7 Å². The van der Waals surface area contributed by atoms with Crippen molar-refractivity contribution in [3.8, 4) is 0 Å². The number of rotatable bonds is 3. The van der Waals surface area contributed by atoms with E-state index in [2.05, 4.69) is 0 Å². The number of aliphatic hydroxyl groups is 4. The molecular formula is C16H11NO8S. The second kappa shape index (κ2) is 5.97. The van der Waals surface area contributed by atoms with Crippen molar-refractivity contribution in [2.75, 3.05) is 0 Å². The molecule has 4 N–H and O–H groups in total. The fourth-order valence-electron chi connectivity index (χ4n) is 2.48. The van der Waals surface area contributed by atoms with E-state index in [0.29, 0.717) is 4.90 Å². The Hall–Kier alpha value is -2.63. The highest BCUT2D eigenvalue weighted by Crippen LogP contribution is 2.40.